The second-order valence-corrected chi connectivity index (χ2v) is 5.69. The predicted molar refractivity (Wildman–Crippen MR) is 83.7 cm³/mol. The van der Waals surface area contributed by atoms with E-state index < -0.39 is 0 Å². The number of ether oxygens (including phenoxy) is 1. The summed E-state index contributed by atoms with van der Waals surface area (Å²) in [5.41, 5.74) is 4.26. The molecule has 0 radical (unpaired) electrons. The molecular formula is C18H19NO2. The smallest absolute Gasteiger partial charge is 0.231 e. The molecule has 1 aliphatic heterocycles. The van der Waals surface area contributed by atoms with Gasteiger partial charge in [0.25, 0.3) is 0 Å². The molecule has 1 aliphatic rings. The first-order valence-corrected chi connectivity index (χ1v) is 7.22. The first kappa shape index (κ1) is 13.7. The minimum absolute atomic E-state index is 0.0227. The van der Waals surface area contributed by atoms with E-state index in [2.05, 4.69) is 11.4 Å². The molecule has 3 rings (SSSR count). The van der Waals surface area contributed by atoms with Gasteiger partial charge in [0, 0.05) is 5.69 Å². The Morgan fingerprint density at radius 3 is 2.62 bits per heavy atom. The highest BCUT2D eigenvalue weighted by Gasteiger charge is 2.25. The average molecular weight is 281 g/mol. The summed E-state index contributed by atoms with van der Waals surface area (Å²) in [4.78, 5) is 12.4. The van der Waals surface area contributed by atoms with Crippen LogP contribution in [0.15, 0.2) is 42.5 Å². The number of anilines is 1. The van der Waals surface area contributed by atoms with Crippen LogP contribution in [-0.4, -0.2) is 12.5 Å². The third-order valence-electron chi connectivity index (χ3n) is 3.74. The molecule has 1 N–H and O–H groups in total. The van der Waals surface area contributed by atoms with Crippen LogP contribution in [0.5, 0.6) is 5.75 Å². The normalized spacial score (nSPS) is 16.8. The second-order valence-electron chi connectivity index (χ2n) is 5.69. The maximum Gasteiger partial charge on any atom is 0.231 e. The minimum atomic E-state index is -0.138. The summed E-state index contributed by atoms with van der Waals surface area (Å²) in [5, 5.41) is 3.01. The molecule has 21 heavy (non-hydrogen) atoms. The lowest BCUT2D eigenvalue weighted by Gasteiger charge is -2.24. The summed E-state index contributed by atoms with van der Waals surface area (Å²) in [6.07, 6.45) is 0.729. The number of carbonyl (C=O) groups excluding carboxylic acids is 1. The highest BCUT2D eigenvalue weighted by atomic mass is 16.5. The molecular weight excluding hydrogens is 262 g/mol. The summed E-state index contributed by atoms with van der Waals surface area (Å²) in [5.74, 6) is 0.781. The zero-order valence-corrected chi connectivity index (χ0v) is 12.3. The maximum absolute atomic E-state index is 12.4. The van der Waals surface area contributed by atoms with E-state index >= 15 is 0 Å². The van der Waals surface area contributed by atoms with Crippen LogP contribution in [-0.2, 0) is 11.2 Å². The number of fused-ring (bicyclic) bond motifs is 1. The SMILES string of the molecule is Cc1cc(C)cc(NC(=O)C2COc3ccccc3C2)c1. The van der Waals surface area contributed by atoms with Gasteiger partial charge in [-0.25, -0.2) is 0 Å². The lowest BCUT2D eigenvalue weighted by Crippen LogP contribution is -2.32. The zero-order valence-electron chi connectivity index (χ0n) is 12.3. The van der Waals surface area contributed by atoms with Crippen LogP contribution in [0, 0.1) is 19.8 Å². The number of hydrogen-bond acceptors (Lipinski definition) is 2. The van der Waals surface area contributed by atoms with Gasteiger partial charge in [0.05, 0.1) is 5.92 Å². The Labute approximate surface area is 124 Å². The lowest BCUT2D eigenvalue weighted by atomic mass is 9.96. The molecule has 2 aromatic carbocycles. The topological polar surface area (TPSA) is 38.3 Å². The third kappa shape index (κ3) is 3.07. The molecule has 1 heterocycles. The summed E-state index contributed by atoms with van der Waals surface area (Å²) >= 11 is 0. The zero-order chi connectivity index (χ0) is 14.8. The van der Waals surface area contributed by atoms with Crippen molar-refractivity contribution in [3.8, 4) is 5.75 Å². The monoisotopic (exact) mass is 281 g/mol. The molecule has 1 atom stereocenters. The Morgan fingerprint density at radius 2 is 1.86 bits per heavy atom. The van der Waals surface area contributed by atoms with Crippen molar-refractivity contribution in [1.82, 2.24) is 0 Å². The third-order valence-corrected chi connectivity index (χ3v) is 3.74. The van der Waals surface area contributed by atoms with Crippen LogP contribution < -0.4 is 10.1 Å². The van der Waals surface area contributed by atoms with Gasteiger partial charge >= 0.3 is 0 Å². The van der Waals surface area contributed by atoms with E-state index in [1.54, 1.807) is 0 Å². The summed E-state index contributed by atoms with van der Waals surface area (Å²) in [7, 11) is 0. The molecule has 0 saturated carbocycles. The number of hydrogen-bond donors (Lipinski definition) is 1. The average Bonchev–Trinajstić information content (AvgIpc) is 2.45. The van der Waals surface area contributed by atoms with E-state index in [-0.39, 0.29) is 11.8 Å². The number of carbonyl (C=O) groups is 1. The van der Waals surface area contributed by atoms with Crippen molar-refractivity contribution in [2.45, 2.75) is 20.3 Å². The van der Waals surface area contributed by atoms with Gasteiger partial charge in [-0.1, -0.05) is 24.3 Å². The quantitative estimate of drug-likeness (QED) is 0.915. The predicted octanol–water partition coefficient (Wildman–Crippen LogP) is 3.49. The van der Waals surface area contributed by atoms with Crippen LogP contribution in [0.2, 0.25) is 0 Å². The van der Waals surface area contributed by atoms with Crippen LogP contribution in [0.1, 0.15) is 16.7 Å². The molecule has 3 heteroatoms. The number of nitrogens with one attached hydrogen (secondary N) is 1. The molecule has 0 saturated heterocycles. The molecule has 3 nitrogen and oxygen atoms in total. The molecule has 2 aromatic rings. The molecule has 0 aliphatic carbocycles. The number of para-hydroxylation sites is 1. The number of rotatable bonds is 2. The molecule has 0 spiro atoms. The van der Waals surface area contributed by atoms with Gasteiger partial charge in [-0.05, 0) is 55.2 Å². The standard InChI is InChI=1S/C18H19NO2/c1-12-7-13(2)9-16(8-12)19-18(20)15-10-14-5-3-4-6-17(14)21-11-15/h3-9,15H,10-11H2,1-2H3,(H,19,20). The fourth-order valence-corrected chi connectivity index (χ4v) is 2.79. The van der Waals surface area contributed by atoms with Crippen molar-refractivity contribution < 1.29 is 9.53 Å². The summed E-state index contributed by atoms with van der Waals surface area (Å²) in [6.45, 7) is 4.50. The van der Waals surface area contributed by atoms with Gasteiger partial charge < -0.3 is 10.1 Å². The van der Waals surface area contributed by atoms with Gasteiger partial charge in [-0.15, -0.1) is 0 Å². The number of aryl methyl sites for hydroxylation is 2. The van der Waals surface area contributed by atoms with Crippen molar-refractivity contribution in [2.75, 3.05) is 11.9 Å². The maximum atomic E-state index is 12.4. The van der Waals surface area contributed by atoms with Gasteiger partial charge in [0.2, 0.25) is 5.91 Å². The van der Waals surface area contributed by atoms with Crippen LogP contribution >= 0.6 is 0 Å². The van der Waals surface area contributed by atoms with Crippen molar-refractivity contribution in [3.63, 3.8) is 0 Å². The van der Waals surface area contributed by atoms with Crippen molar-refractivity contribution in [2.24, 2.45) is 5.92 Å². The Kier molecular flexibility index (Phi) is 3.65. The van der Waals surface area contributed by atoms with E-state index in [1.807, 2.05) is 50.2 Å². The van der Waals surface area contributed by atoms with Crippen LogP contribution in [0.4, 0.5) is 5.69 Å². The molecule has 108 valence electrons. The highest BCUT2D eigenvalue weighted by molar-refractivity contribution is 5.93. The van der Waals surface area contributed by atoms with Crippen molar-refractivity contribution in [3.05, 3.63) is 59.2 Å². The molecule has 1 unspecified atom stereocenters. The largest absolute Gasteiger partial charge is 0.492 e. The first-order valence-electron chi connectivity index (χ1n) is 7.22. The van der Waals surface area contributed by atoms with E-state index in [4.69, 9.17) is 4.74 Å². The first-order chi connectivity index (χ1) is 10.1. The van der Waals surface area contributed by atoms with Crippen molar-refractivity contribution in [1.29, 1.82) is 0 Å². The molecule has 0 fully saturated rings. The molecule has 0 bridgehead atoms. The summed E-state index contributed by atoms with van der Waals surface area (Å²) in [6, 6.07) is 14.0. The van der Waals surface area contributed by atoms with Gasteiger partial charge in [-0.2, -0.15) is 0 Å². The Morgan fingerprint density at radius 1 is 1.14 bits per heavy atom. The van der Waals surface area contributed by atoms with E-state index in [0.29, 0.717) is 6.61 Å². The Balaban J connectivity index is 1.72. The van der Waals surface area contributed by atoms with Crippen molar-refractivity contribution >= 4 is 11.6 Å². The lowest BCUT2D eigenvalue weighted by molar-refractivity contribution is -0.121. The van der Waals surface area contributed by atoms with E-state index in [0.717, 1.165) is 34.5 Å². The van der Waals surface area contributed by atoms with Gasteiger partial charge in [0.15, 0.2) is 0 Å². The summed E-state index contributed by atoms with van der Waals surface area (Å²) < 4.78 is 5.68. The number of amides is 1. The van der Waals surface area contributed by atoms with Crippen LogP contribution in [0.25, 0.3) is 0 Å². The van der Waals surface area contributed by atoms with Gasteiger partial charge in [-0.3, -0.25) is 4.79 Å². The van der Waals surface area contributed by atoms with Gasteiger partial charge in [0.1, 0.15) is 12.4 Å². The number of benzene rings is 2. The molecule has 0 aromatic heterocycles. The fraction of sp³-hybridized carbons (Fsp3) is 0.278. The fourth-order valence-electron chi connectivity index (χ4n) is 2.79. The van der Waals surface area contributed by atoms with Crippen LogP contribution in [0.3, 0.4) is 0 Å². The molecule has 1 amide bonds. The Hall–Kier alpha value is -2.29. The van der Waals surface area contributed by atoms with E-state index in [1.165, 1.54) is 0 Å². The second kappa shape index (κ2) is 5.60. The highest BCUT2D eigenvalue weighted by Crippen LogP contribution is 2.27. The van der Waals surface area contributed by atoms with E-state index in [9.17, 15) is 4.79 Å². The minimum Gasteiger partial charge on any atom is -0.492 e. The Bertz CT molecular complexity index is 658.